The van der Waals surface area contributed by atoms with Crippen LogP contribution in [0.1, 0.15) is 31.4 Å². The minimum absolute atomic E-state index is 0.0242. The first-order valence-electron chi connectivity index (χ1n) is 6.09. The fourth-order valence-electron chi connectivity index (χ4n) is 1.80. The van der Waals surface area contributed by atoms with Crippen molar-refractivity contribution in [2.75, 3.05) is 0 Å². The molecule has 3 N–H and O–H groups in total. The number of rotatable bonds is 6. The molecule has 0 saturated heterocycles. The third-order valence-electron chi connectivity index (χ3n) is 2.81. The van der Waals surface area contributed by atoms with Crippen LogP contribution in [-0.4, -0.2) is 23.1 Å². The van der Waals surface area contributed by atoms with Crippen LogP contribution in [0.25, 0.3) is 0 Å². The Labute approximate surface area is 117 Å². The van der Waals surface area contributed by atoms with Crippen molar-refractivity contribution < 1.29 is 12.9 Å². The molecule has 0 aliphatic heterocycles. The van der Waals surface area contributed by atoms with E-state index in [-0.39, 0.29) is 29.9 Å². The van der Waals surface area contributed by atoms with Crippen molar-refractivity contribution in [3.63, 3.8) is 0 Å². The van der Waals surface area contributed by atoms with Gasteiger partial charge in [0.15, 0.2) is 5.82 Å². The van der Waals surface area contributed by atoms with E-state index in [0.717, 1.165) is 12.1 Å². The van der Waals surface area contributed by atoms with Gasteiger partial charge in [-0.2, -0.15) is 4.98 Å². The monoisotopic (exact) mass is 299 g/mol. The van der Waals surface area contributed by atoms with E-state index < -0.39 is 10.0 Å². The Morgan fingerprint density at radius 2 is 2.25 bits per heavy atom. The van der Waals surface area contributed by atoms with Crippen molar-refractivity contribution in [1.29, 1.82) is 0 Å². The second-order valence-electron chi connectivity index (χ2n) is 4.54. The lowest BCUT2D eigenvalue weighted by Gasteiger charge is -2.10. The van der Waals surface area contributed by atoms with E-state index in [1.807, 2.05) is 18.4 Å². The van der Waals surface area contributed by atoms with E-state index in [1.165, 1.54) is 0 Å². The van der Waals surface area contributed by atoms with Crippen molar-refractivity contribution in [3.8, 4) is 0 Å². The van der Waals surface area contributed by atoms with Gasteiger partial charge in [-0.25, -0.2) is 13.1 Å². The first-order chi connectivity index (χ1) is 9.44. The Morgan fingerprint density at radius 3 is 2.75 bits per heavy atom. The first-order valence-corrected chi connectivity index (χ1v) is 7.58. The maximum atomic E-state index is 12.2. The number of nitrogens with zero attached hydrogens (tertiary/aromatic N) is 3. The molecule has 0 unspecified atom stereocenters. The van der Waals surface area contributed by atoms with Crippen LogP contribution in [0.15, 0.2) is 28.1 Å². The average molecular weight is 299 g/mol. The Morgan fingerprint density at radius 1 is 1.50 bits per heavy atom. The zero-order valence-corrected chi connectivity index (χ0v) is 12.1. The SMILES string of the molecule is CC(C)n1cc(S(=O)(=O)NCc2ncon2)cc1CN. The highest BCUT2D eigenvalue weighted by Gasteiger charge is 2.19. The molecule has 0 aromatic carbocycles. The standard InChI is InChI=1S/C11H17N5O3S/c1-8(2)16-6-10(3-9(16)4-12)20(17,18)14-5-11-13-7-19-15-11/h3,6-8,14H,4-5,12H2,1-2H3. The van der Waals surface area contributed by atoms with Crippen molar-refractivity contribution in [1.82, 2.24) is 19.4 Å². The third kappa shape index (κ3) is 3.06. The van der Waals surface area contributed by atoms with Crippen LogP contribution in [0.5, 0.6) is 0 Å². The quantitative estimate of drug-likeness (QED) is 0.797. The topological polar surface area (TPSA) is 116 Å². The maximum absolute atomic E-state index is 12.2. The highest BCUT2D eigenvalue weighted by atomic mass is 32.2. The largest absolute Gasteiger partial charge is 0.346 e. The van der Waals surface area contributed by atoms with Gasteiger partial charge in [-0.15, -0.1) is 0 Å². The van der Waals surface area contributed by atoms with E-state index in [4.69, 9.17) is 5.73 Å². The van der Waals surface area contributed by atoms with Gasteiger partial charge in [0.05, 0.1) is 11.4 Å². The van der Waals surface area contributed by atoms with Gasteiger partial charge in [0, 0.05) is 24.5 Å². The van der Waals surface area contributed by atoms with Crippen LogP contribution in [-0.2, 0) is 23.1 Å². The Kier molecular flexibility index (Phi) is 4.21. The van der Waals surface area contributed by atoms with E-state index in [9.17, 15) is 8.42 Å². The third-order valence-corrected chi connectivity index (χ3v) is 4.18. The normalized spacial score (nSPS) is 12.2. The van der Waals surface area contributed by atoms with Gasteiger partial charge in [-0.05, 0) is 19.9 Å². The average Bonchev–Trinajstić information content (AvgIpc) is 3.05. The van der Waals surface area contributed by atoms with Crippen molar-refractivity contribution in [2.24, 2.45) is 5.73 Å². The summed E-state index contributed by atoms with van der Waals surface area (Å²) in [6.45, 7) is 4.17. The molecule has 110 valence electrons. The first kappa shape index (κ1) is 14.7. The Balaban J connectivity index is 2.21. The summed E-state index contributed by atoms with van der Waals surface area (Å²) in [7, 11) is -3.63. The molecule has 0 saturated carbocycles. The van der Waals surface area contributed by atoms with E-state index in [0.29, 0.717) is 0 Å². The summed E-state index contributed by atoms with van der Waals surface area (Å²) in [5.41, 5.74) is 6.39. The maximum Gasteiger partial charge on any atom is 0.242 e. The van der Waals surface area contributed by atoms with Crippen molar-refractivity contribution >= 4 is 10.0 Å². The predicted molar refractivity (Wildman–Crippen MR) is 71.0 cm³/mol. The van der Waals surface area contributed by atoms with Crippen LogP contribution in [0.3, 0.4) is 0 Å². The summed E-state index contributed by atoms with van der Waals surface area (Å²) in [6.07, 6.45) is 2.72. The Bertz CT molecular complexity index is 660. The van der Waals surface area contributed by atoms with E-state index in [1.54, 1.807) is 12.3 Å². The summed E-state index contributed by atoms with van der Waals surface area (Å²) in [5.74, 6) is 0.274. The zero-order chi connectivity index (χ0) is 14.8. The molecule has 2 heterocycles. The Hall–Kier alpha value is -1.71. The molecular formula is C11H17N5O3S. The molecule has 0 aliphatic rings. The van der Waals surface area contributed by atoms with Gasteiger partial charge >= 0.3 is 0 Å². The summed E-state index contributed by atoms with van der Waals surface area (Å²) in [4.78, 5) is 3.93. The summed E-state index contributed by atoms with van der Waals surface area (Å²) in [5, 5.41) is 3.54. The molecule has 0 atom stereocenters. The second-order valence-corrected chi connectivity index (χ2v) is 6.31. The van der Waals surface area contributed by atoms with Crippen LogP contribution < -0.4 is 10.5 Å². The van der Waals surface area contributed by atoms with Gasteiger partial charge in [-0.3, -0.25) is 0 Å². The summed E-state index contributed by atoms with van der Waals surface area (Å²) >= 11 is 0. The summed E-state index contributed by atoms with van der Waals surface area (Å²) in [6, 6.07) is 1.70. The highest BCUT2D eigenvalue weighted by molar-refractivity contribution is 7.89. The zero-order valence-electron chi connectivity index (χ0n) is 11.3. The minimum Gasteiger partial charge on any atom is -0.346 e. The number of hydrogen-bond acceptors (Lipinski definition) is 6. The molecule has 9 heteroatoms. The van der Waals surface area contributed by atoms with Gasteiger partial charge in [0.1, 0.15) is 0 Å². The fourth-order valence-corrected chi connectivity index (χ4v) is 2.83. The minimum atomic E-state index is -3.63. The molecule has 0 radical (unpaired) electrons. The van der Waals surface area contributed by atoms with Gasteiger partial charge < -0.3 is 14.8 Å². The van der Waals surface area contributed by atoms with Crippen LogP contribution in [0.4, 0.5) is 0 Å². The lowest BCUT2D eigenvalue weighted by atomic mass is 10.3. The number of nitrogens with one attached hydrogen (secondary N) is 1. The molecule has 0 spiro atoms. The molecule has 2 aromatic heterocycles. The molecule has 2 aromatic rings. The van der Waals surface area contributed by atoms with Crippen LogP contribution in [0, 0.1) is 0 Å². The number of nitrogens with two attached hydrogens (primary N) is 1. The van der Waals surface area contributed by atoms with Crippen LogP contribution >= 0.6 is 0 Å². The molecule has 0 amide bonds. The molecule has 20 heavy (non-hydrogen) atoms. The van der Waals surface area contributed by atoms with Gasteiger partial charge in [0.2, 0.25) is 16.4 Å². The van der Waals surface area contributed by atoms with Crippen molar-refractivity contribution in [3.05, 3.63) is 30.2 Å². The second kappa shape index (κ2) is 5.73. The number of hydrogen-bond donors (Lipinski definition) is 2. The number of aromatic nitrogens is 3. The molecule has 0 bridgehead atoms. The van der Waals surface area contributed by atoms with Gasteiger partial charge in [0.25, 0.3) is 0 Å². The molecular weight excluding hydrogens is 282 g/mol. The van der Waals surface area contributed by atoms with Crippen LogP contribution in [0.2, 0.25) is 0 Å². The molecule has 0 fully saturated rings. The number of sulfonamides is 1. The van der Waals surface area contributed by atoms with Crippen molar-refractivity contribution in [2.45, 2.75) is 37.9 Å². The lowest BCUT2D eigenvalue weighted by Crippen LogP contribution is -2.23. The van der Waals surface area contributed by atoms with E-state index in [2.05, 4.69) is 19.4 Å². The smallest absolute Gasteiger partial charge is 0.242 e. The lowest BCUT2D eigenvalue weighted by molar-refractivity contribution is 0.409. The predicted octanol–water partition coefficient (Wildman–Crippen LogP) is 0.389. The molecule has 2 rings (SSSR count). The summed E-state index contributed by atoms with van der Waals surface area (Å²) < 4.78 is 33.2. The highest BCUT2D eigenvalue weighted by Crippen LogP contribution is 2.18. The van der Waals surface area contributed by atoms with Gasteiger partial charge in [-0.1, -0.05) is 5.16 Å². The molecule has 8 nitrogen and oxygen atoms in total. The van der Waals surface area contributed by atoms with E-state index >= 15 is 0 Å². The molecule has 0 aliphatic carbocycles. The fraction of sp³-hybridized carbons (Fsp3) is 0.455.